The number of aromatic hydroxyl groups is 2. The van der Waals surface area contributed by atoms with Gasteiger partial charge in [-0.2, -0.15) is 4.98 Å². The summed E-state index contributed by atoms with van der Waals surface area (Å²) in [6, 6.07) is 4.14. The summed E-state index contributed by atoms with van der Waals surface area (Å²) >= 11 is 1.42. The summed E-state index contributed by atoms with van der Waals surface area (Å²) in [5.74, 6) is 0.252. The Morgan fingerprint density at radius 2 is 2.12 bits per heavy atom. The number of aromatic nitrogens is 3. The summed E-state index contributed by atoms with van der Waals surface area (Å²) in [6.45, 7) is 0. The molecule has 0 radical (unpaired) electrons. The van der Waals surface area contributed by atoms with Crippen molar-refractivity contribution in [1.29, 1.82) is 0 Å². The van der Waals surface area contributed by atoms with E-state index in [0.29, 0.717) is 28.7 Å². The smallest absolute Gasteiger partial charge is 0.227 e. The van der Waals surface area contributed by atoms with Gasteiger partial charge in [0.05, 0.1) is 0 Å². The fourth-order valence-electron chi connectivity index (χ4n) is 3.24. The van der Waals surface area contributed by atoms with Gasteiger partial charge in [0.2, 0.25) is 11.1 Å². The van der Waals surface area contributed by atoms with E-state index in [2.05, 4.69) is 15.4 Å². The first-order valence-corrected chi connectivity index (χ1v) is 8.86. The van der Waals surface area contributed by atoms with Gasteiger partial charge in [0.25, 0.3) is 0 Å². The molecule has 0 bridgehead atoms. The summed E-state index contributed by atoms with van der Waals surface area (Å²) in [4.78, 5) is 17.0. The third-order valence-electron chi connectivity index (χ3n) is 4.35. The minimum absolute atomic E-state index is 0.0770. The molecule has 8 heteroatoms. The number of phenolic OH excluding ortho intramolecular Hbond substituents is 2. The standard InChI is InChI=1S/C16H16N4O3S/c1-24-16-18-15-17-9-3-2-4-11(22)13(9)14(20(15)19-16)8-5-6-10(21)12(23)7-8/h5-7,14,21,23H,2-4H2,1H3,(H,17,18,19). The Bertz CT molecular complexity index is 874. The lowest BCUT2D eigenvalue weighted by molar-refractivity contribution is -0.116. The maximum Gasteiger partial charge on any atom is 0.227 e. The van der Waals surface area contributed by atoms with E-state index in [4.69, 9.17) is 0 Å². The van der Waals surface area contributed by atoms with E-state index in [0.717, 1.165) is 18.5 Å². The van der Waals surface area contributed by atoms with Gasteiger partial charge in [0, 0.05) is 17.7 Å². The van der Waals surface area contributed by atoms with Crippen molar-refractivity contribution in [3.8, 4) is 11.5 Å². The van der Waals surface area contributed by atoms with E-state index in [1.807, 2.05) is 6.26 Å². The highest BCUT2D eigenvalue weighted by Crippen LogP contribution is 2.41. The molecule has 2 aromatic rings. The lowest BCUT2D eigenvalue weighted by Crippen LogP contribution is -2.31. The summed E-state index contributed by atoms with van der Waals surface area (Å²) in [6.07, 6.45) is 3.98. The molecule has 2 aliphatic rings. The average Bonchev–Trinajstić information content (AvgIpc) is 2.98. The van der Waals surface area contributed by atoms with E-state index in [1.165, 1.54) is 23.9 Å². The van der Waals surface area contributed by atoms with E-state index >= 15 is 0 Å². The summed E-state index contributed by atoms with van der Waals surface area (Å²) in [5.41, 5.74) is 2.22. The first-order chi connectivity index (χ1) is 11.6. The molecule has 1 aliphatic carbocycles. The van der Waals surface area contributed by atoms with Gasteiger partial charge >= 0.3 is 0 Å². The van der Waals surface area contributed by atoms with Crippen LogP contribution in [0.1, 0.15) is 30.9 Å². The molecule has 7 nitrogen and oxygen atoms in total. The maximum absolute atomic E-state index is 12.6. The predicted molar refractivity (Wildman–Crippen MR) is 89.2 cm³/mol. The number of hydrogen-bond donors (Lipinski definition) is 3. The van der Waals surface area contributed by atoms with Gasteiger partial charge in [-0.1, -0.05) is 17.8 Å². The minimum atomic E-state index is -0.455. The Morgan fingerprint density at radius 1 is 1.29 bits per heavy atom. The van der Waals surface area contributed by atoms with Crippen molar-refractivity contribution in [3.63, 3.8) is 0 Å². The van der Waals surface area contributed by atoms with Crippen molar-refractivity contribution in [1.82, 2.24) is 14.8 Å². The zero-order valence-electron chi connectivity index (χ0n) is 13.0. The number of thioether (sulfide) groups is 1. The number of carbonyl (C=O) groups excluding carboxylic acids is 1. The number of fused-ring (bicyclic) bond motifs is 1. The number of nitrogens with zero attached hydrogens (tertiary/aromatic N) is 3. The molecule has 1 aromatic heterocycles. The first kappa shape index (κ1) is 15.1. The number of phenols is 2. The molecule has 1 aliphatic heterocycles. The van der Waals surface area contributed by atoms with E-state index in [1.54, 1.807) is 10.7 Å². The number of nitrogens with one attached hydrogen (secondary N) is 1. The second-order valence-corrected chi connectivity index (χ2v) is 6.58. The SMILES string of the molecule is CSc1nc2n(n1)C(c1ccc(O)c(O)c1)C1=C(CCCC1=O)N2. The second kappa shape index (κ2) is 5.55. The Hall–Kier alpha value is -2.48. The van der Waals surface area contributed by atoms with Crippen LogP contribution in [-0.2, 0) is 4.79 Å². The van der Waals surface area contributed by atoms with Crippen LogP contribution in [-0.4, -0.2) is 37.0 Å². The van der Waals surface area contributed by atoms with Crippen molar-refractivity contribution in [3.05, 3.63) is 35.0 Å². The Labute approximate surface area is 142 Å². The van der Waals surface area contributed by atoms with Gasteiger partial charge in [-0.25, -0.2) is 4.68 Å². The number of Topliss-reactive ketones (excluding diaryl/α,β-unsaturated/α-hetero) is 1. The van der Waals surface area contributed by atoms with Gasteiger partial charge in [-0.3, -0.25) is 4.79 Å². The van der Waals surface area contributed by atoms with Crippen molar-refractivity contribution in [2.75, 3.05) is 11.6 Å². The number of benzene rings is 1. The molecule has 0 fully saturated rings. The third-order valence-corrected chi connectivity index (χ3v) is 4.88. The van der Waals surface area contributed by atoms with Crippen LogP contribution in [0.25, 0.3) is 0 Å². The van der Waals surface area contributed by atoms with Gasteiger partial charge < -0.3 is 15.5 Å². The first-order valence-electron chi connectivity index (χ1n) is 7.64. The molecule has 0 saturated heterocycles. The molecular weight excluding hydrogens is 328 g/mol. The number of carbonyl (C=O) groups is 1. The molecule has 24 heavy (non-hydrogen) atoms. The Kier molecular flexibility index (Phi) is 3.49. The second-order valence-electron chi connectivity index (χ2n) is 5.81. The normalized spacial score (nSPS) is 19.7. The molecule has 2 heterocycles. The van der Waals surface area contributed by atoms with Crippen molar-refractivity contribution < 1.29 is 15.0 Å². The van der Waals surface area contributed by atoms with Crippen LogP contribution in [0, 0.1) is 0 Å². The fourth-order valence-corrected chi connectivity index (χ4v) is 3.59. The van der Waals surface area contributed by atoms with Crippen LogP contribution < -0.4 is 5.32 Å². The number of rotatable bonds is 2. The molecule has 1 aromatic carbocycles. The summed E-state index contributed by atoms with van der Waals surface area (Å²) in [7, 11) is 0. The molecule has 4 rings (SSSR count). The monoisotopic (exact) mass is 344 g/mol. The zero-order valence-corrected chi connectivity index (χ0v) is 13.8. The quantitative estimate of drug-likeness (QED) is 0.568. The Morgan fingerprint density at radius 3 is 2.88 bits per heavy atom. The van der Waals surface area contributed by atoms with E-state index in [9.17, 15) is 15.0 Å². The minimum Gasteiger partial charge on any atom is -0.504 e. The predicted octanol–water partition coefficient (Wildman–Crippen LogP) is 2.43. The van der Waals surface area contributed by atoms with Crippen LogP contribution >= 0.6 is 11.8 Å². The van der Waals surface area contributed by atoms with Crippen molar-refractivity contribution in [2.24, 2.45) is 0 Å². The molecule has 3 N–H and O–H groups in total. The molecule has 0 amide bonds. The average molecular weight is 344 g/mol. The van der Waals surface area contributed by atoms with Crippen molar-refractivity contribution in [2.45, 2.75) is 30.5 Å². The van der Waals surface area contributed by atoms with Gasteiger partial charge in [-0.15, -0.1) is 5.10 Å². The highest BCUT2D eigenvalue weighted by molar-refractivity contribution is 7.98. The van der Waals surface area contributed by atoms with Gasteiger partial charge in [-0.05, 0) is 36.8 Å². The number of ketones is 1. The van der Waals surface area contributed by atoms with Crippen LogP contribution in [0.2, 0.25) is 0 Å². The van der Waals surface area contributed by atoms with Crippen LogP contribution in [0.5, 0.6) is 11.5 Å². The van der Waals surface area contributed by atoms with Crippen LogP contribution in [0.4, 0.5) is 5.95 Å². The van der Waals surface area contributed by atoms with Crippen LogP contribution in [0.3, 0.4) is 0 Å². The van der Waals surface area contributed by atoms with Crippen LogP contribution in [0.15, 0.2) is 34.6 Å². The van der Waals surface area contributed by atoms with E-state index in [-0.39, 0.29) is 17.3 Å². The summed E-state index contributed by atoms with van der Waals surface area (Å²) < 4.78 is 1.68. The van der Waals surface area contributed by atoms with Gasteiger partial charge in [0.1, 0.15) is 6.04 Å². The Balaban J connectivity index is 1.92. The number of allylic oxidation sites excluding steroid dienone is 2. The highest BCUT2D eigenvalue weighted by Gasteiger charge is 2.37. The van der Waals surface area contributed by atoms with E-state index < -0.39 is 6.04 Å². The molecule has 0 spiro atoms. The number of hydrogen-bond acceptors (Lipinski definition) is 7. The topological polar surface area (TPSA) is 100 Å². The number of anilines is 1. The fraction of sp³-hybridized carbons (Fsp3) is 0.312. The lowest BCUT2D eigenvalue weighted by Gasteiger charge is -2.32. The molecule has 1 unspecified atom stereocenters. The molecule has 0 saturated carbocycles. The highest BCUT2D eigenvalue weighted by atomic mass is 32.2. The maximum atomic E-state index is 12.6. The molecule has 124 valence electrons. The molecule has 1 atom stereocenters. The van der Waals surface area contributed by atoms with Crippen molar-refractivity contribution >= 4 is 23.5 Å². The molecular formula is C16H16N4O3S. The third kappa shape index (κ3) is 2.25. The summed E-state index contributed by atoms with van der Waals surface area (Å²) in [5, 5.41) is 27.8. The lowest BCUT2D eigenvalue weighted by atomic mass is 9.85. The van der Waals surface area contributed by atoms with Gasteiger partial charge in [0.15, 0.2) is 17.3 Å². The zero-order chi connectivity index (χ0) is 16.8. The largest absolute Gasteiger partial charge is 0.504 e.